The highest BCUT2D eigenvalue weighted by atomic mass is 19.2. The van der Waals surface area contributed by atoms with Crippen LogP contribution in [0, 0.1) is 35.0 Å². The van der Waals surface area contributed by atoms with Crippen LogP contribution >= 0.6 is 0 Å². The van der Waals surface area contributed by atoms with Crippen molar-refractivity contribution in [3.8, 4) is 0 Å². The van der Waals surface area contributed by atoms with Crippen molar-refractivity contribution in [2.75, 3.05) is 20.9 Å². The topological polar surface area (TPSA) is 65.0 Å². The quantitative estimate of drug-likeness (QED) is 0.332. The van der Waals surface area contributed by atoms with Crippen molar-refractivity contribution in [3.63, 3.8) is 0 Å². The highest BCUT2D eigenvalue weighted by molar-refractivity contribution is 6.07. The fourth-order valence-corrected chi connectivity index (χ4v) is 3.03. The lowest BCUT2D eigenvalue weighted by Crippen LogP contribution is -2.37. The van der Waals surface area contributed by atoms with Gasteiger partial charge in [0.05, 0.1) is 25.5 Å². The number of carbonyl (C=O) groups is 2. The lowest BCUT2D eigenvalue weighted by atomic mass is 9.75. The van der Waals surface area contributed by atoms with Gasteiger partial charge in [-0.1, -0.05) is 0 Å². The van der Waals surface area contributed by atoms with E-state index in [1.807, 2.05) is 0 Å². The molecule has 0 aliphatic carbocycles. The smallest absolute Gasteiger partial charge is 0.336 e. The molecule has 0 spiro atoms. The Bertz CT molecular complexity index is 882. The molecule has 0 aromatic heterocycles. The largest absolute Gasteiger partial charge is 0.468 e. The number of halogens is 6. The molecule has 0 N–H and O–H groups in total. The minimum absolute atomic E-state index is 0.249. The number of aliphatic imine (C=N–C) groups is 1. The number of ether oxygens (including phenoxy) is 2. The average molecular weight is 409 g/mol. The average Bonchev–Trinajstić information content (AvgIpc) is 2.69. The predicted molar refractivity (Wildman–Crippen MR) is 82.6 cm³/mol. The van der Waals surface area contributed by atoms with Crippen molar-refractivity contribution in [1.29, 1.82) is 0 Å². The van der Waals surface area contributed by atoms with Crippen LogP contribution in [0.2, 0.25) is 0 Å². The molecule has 1 aliphatic heterocycles. The molecule has 2 unspecified atom stereocenters. The van der Waals surface area contributed by atoms with Gasteiger partial charge in [0, 0.05) is 17.2 Å². The third-order valence-electron chi connectivity index (χ3n) is 4.26. The van der Waals surface area contributed by atoms with Crippen LogP contribution in [0.3, 0.4) is 0 Å². The fourth-order valence-electron chi connectivity index (χ4n) is 3.03. The number of nitrogens with zero attached hydrogens (tertiary/aromatic N) is 1. The van der Waals surface area contributed by atoms with Crippen LogP contribution in [0.15, 0.2) is 16.3 Å². The van der Waals surface area contributed by atoms with Crippen LogP contribution in [-0.4, -0.2) is 38.5 Å². The molecule has 152 valence electrons. The Morgan fingerprint density at radius 2 is 1.43 bits per heavy atom. The molecule has 0 fully saturated rings. The molecule has 1 heterocycles. The maximum Gasteiger partial charge on any atom is 0.336 e. The molecule has 0 saturated carbocycles. The second kappa shape index (κ2) is 8.03. The molecular weight excluding hydrogens is 396 g/mol. The van der Waals surface area contributed by atoms with E-state index in [0.29, 0.717) is 0 Å². The van der Waals surface area contributed by atoms with E-state index in [1.165, 1.54) is 0 Å². The summed E-state index contributed by atoms with van der Waals surface area (Å²) in [6.07, 6.45) is 0. The third-order valence-corrected chi connectivity index (χ3v) is 4.26. The van der Waals surface area contributed by atoms with Crippen LogP contribution in [-0.2, 0) is 19.1 Å². The maximum absolute atomic E-state index is 14.4. The van der Waals surface area contributed by atoms with E-state index in [-0.39, 0.29) is 5.71 Å². The van der Waals surface area contributed by atoms with Crippen molar-refractivity contribution in [1.82, 2.24) is 0 Å². The van der Waals surface area contributed by atoms with Crippen molar-refractivity contribution in [3.05, 3.63) is 45.9 Å². The number of rotatable bonds is 4. The summed E-state index contributed by atoms with van der Waals surface area (Å²) in [5.41, 5.74) is -3.26. The van der Waals surface area contributed by atoms with Crippen molar-refractivity contribution >= 4 is 17.7 Å². The second-order valence-electron chi connectivity index (χ2n) is 5.70. The maximum atomic E-state index is 14.4. The van der Waals surface area contributed by atoms with Crippen molar-refractivity contribution < 1.29 is 45.4 Å². The van der Waals surface area contributed by atoms with E-state index in [4.69, 9.17) is 0 Å². The molecule has 2 atom stereocenters. The van der Waals surface area contributed by atoms with Crippen LogP contribution < -0.4 is 0 Å². The first-order valence-electron chi connectivity index (χ1n) is 7.63. The number of allylic oxidation sites excluding steroid dienone is 1. The molecule has 1 aromatic carbocycles. The minimum atomic E-state index is -2.43. The van der Waals surface area contributed by atoms with Gasteiger partial charge in [-0.15, -0.1) is 0 Å². The van der Waals surface area contributed by atoms with Gasteiger partial charge in [-0.3, -0.25) is 9.79 Å². The van der Waals surface area contributed by atoms with Crippen molar-refractivity contribution in [2.45, 2.75) is 12.8 Å². The van der Waals surface area contributed by atoms with E-state index < -0.39 is 76.4 Å². The van der Waals surface area contributed by atoms with Gasteiger partial charge in [0.25, 0.3) is 0 Å². The Morgan fingerprint density at radius 3 is 1.86 bits per heavy atom. The molecule has 2 rings (SSSR count). The van der Waals surface area contributed by atoms with Gasteiger partial charge in [-0.25, -0.2) is 31.1 Å². The predicted octanol–water partition coefficient (Wildman–Crippen LogP) is 3.13. The number of carbonyl (C=O) groups excluding carboxylic acids is 2. The molecule has 0 bridgehead atoms. The summed E-state index contributed by atoms with van der Waals surface area (Å²) >= 11 is 0. The van der Waals surface area contributed by atoms with E-state index >= 15 is 0 Å². The number of methoxy groups -OCH3 is 2. The van der Waals surface area contributed by atoms with Crippen LogP contribution in [0.1, 0.15) is 18.4 Å². The Labute approximate surface area is 154 Å². The zero-order chi connectivity index (χ0) is 21.3. The third kappa shape index (κ3) is 3.25. The molecule has 1 aliphatic rings. The molecule has 0 amide bonds. The van der Waals surface area contributed by atoms with E-state index in [2.05, 4.69) is 14.5 Å². The Kier molecular flexibility index (Phi) is 6.15. The van der Waals surface area contributed by atoms with E-state index in [0.717, 1.165) is 21.1 Å². The lowest BCUT2D eigenvalue weighted by Gasteiger charge is -2.31. The zero-order valence-electron chi connectivity index (χ0n) is 14.7. The van der Waals surface area contributed by atoms with Gasteiger partial charge in [0.1, 0.15) is 12.6 Å². The first kappa shape index (κ1) is 21.5. The van der Waals surface area contributed by atoms with Crippen LogP contribution in [0.5, 0.6) is 0 Å². The van der Waals surface area contributed by atoms with Gasteiger partial charge in [0.15, 0.2) is 23.3 Å². The minimum Gasteiger partial charge on any atom is -0.468 e. The summed E-state index contributed by atoms with van der Waals surface area (Å²) in [7, 11) is 1.75. The first-order valence-corrected chi connectivity index (χ1v) is 7.63. The summed E-state index contributed by atoms with van der Waals surface area (Å²) in [5, 5.41) is 0. The number of hydrogen-bond donors (Lipinski definition) is 0. The fraction of sp³-hybridized carbons (Fsp3) is 0.353. The van der Waals surface area contributed by atoms with Gasteiger partial charge in [-0.2, -0.15) is 0 Å². The summed E-state index contributed by atoms with van der Waals surface area (Å²) in [6, 6.07) is 0. The standard InChI is InChI=1S/C17H13F6NO4/c1-5-7(16(25)27-2)9(8(17(26)28-3)6(4-18)24-5)10-11(19)13(21)15(23)14(22)12(10)20/h7,9H,4H2,1-3H3. The van der Waals surface area contributed by atoms with Gasteiger partial charge >= 0.3 is 11.9 Å². The number of benzene rings is 1. The van der Waals surface area contributed by atoms with Crippen LogP contribution in [0.4, 0.5) is 26.3 Å². The van der Waals surface area contributed by atoms with E-state index in [9.17, 15) is 35.9 Å². The zero-order valence-corrected chi connectivity index (χ0v) is 14.7. The summed E-state index contributed by atoms with van der Waals surface area (Å²) in [5.74, 6) is -18.0. The van der Waals surface area contributed by atoms with Gasteiger partial charge in [-0.05, 0) is 6.92 Å². The normalized spacial score (nSPS) is 19.4. The summed E-state index contributed by atoms with van der Waals surface area (Å²) < 4.78 is 92.2. The molecular formula is C17H13F6NO4. The van der Waals surface area contributed by atoms with Gasteiger partial charge in [0.2, 0.25) is 5.82 Å². The number of hydrogen-bond acceptors (Lipinski definition) is 5. The molecule has 5 nitrogen and oxygen atoms in total. The first-order chi connectivity index (χ1) is 13.1. The highest BCUT2D eigenvalue weighted by Gasteiger charge is 2.46. The SMILES string of the molecule is COC(=O)C1=C(CF)N=C(C)C(C(=O)OC)C1c1c(F)c(F)c(F)c(F)c1F. The molecule has 0 saturated heterocycles. The second-order valence-corrected chi connectivity index (χ2v) is 5.70. The van der Waals surface area contributed by atoms with Gasteiger partial charge < -0.3 is 9.47 Å². The molecule has 28 heavy (non-hydrogen) atoms. The number of esters is 2. The molecule has 1 aromatic rings. The Morgan fingerprint density at radius 1 is 0.929 bits per heavy atom. The Balaban J connectivity index is 2.96. The van der Waals surface area contributed by atoms with Crippen LogP contribution in [0.25, 0.3) is 0 Å². The summed E-state index contributed by atoms with van der Waals surface area (Å²) in [6.45, 7) is -0.272. The molecule has 0 radical (unpaired) electrons. The monoisotopic (exact) mass is 409 g/mol. The van der Waals surface area contributed by atoms with E-state index in [1.54, 1.807) is 0 Å². The molecule has 11 heteroatoms. The lowest BCUT2D eigenvalue weighted by molar-refractivity contribution is -0.143. The highest BCUT2D eigenvalue weighted by Crippen LogP contribution is 2.43. The summed E-state index contributed by atoms with van der Waals surface area (Å²) in [4.78, 5) is 28.1. The number of alkyl halides is 1. The van der Waals surface area contributed by atoms with Crippen molar-refractivity contribution in [2.24, 2.45) is 10.9 Å². The Hall–Kier alpha value is -2.85.